The highest BCUT2D eigenvalue weighted by Gasteiger charge is 2.56. The quantitative estimate of drug-likeness (QED) is 0.0930. The van der Waals surface area contributed by atoms with Gasteiger partial charge in [-0.25, -0.2) is 4.57 Å². The molecule has 26 heteroatoms. The highest BCUT2D eigenvalue weighted by Crippen LogP contribution is 2.54. The number of piperidine rings is 3. The van der Waals surface area contributed by atoms with Gasteiger partial charge in [0.1, 0.15) is 0 Å². The molecular weight excluding hydrogens is 1550 g/mol. The summed E-state index contributed by atoms with van der Waals surface area (Å²) in [5, 5.41) is 123. The van der Waals surface area contributed by atoms with Crippen LogP contribution in [0.15, 0.2) is 24.3 Å². The van der Waals surface area contributed by atoms with E-state index in [-0.39, 0.29) is 107 Å². The molecule has 1 atom stereocenters. The summed E-state index contributed by atoms with van der Waals surface area (Å²) >= 11 is 0. The monoisotopic (exact) mass is 1750 g/mol. The minimum Gasteiger partial charge on any atom is -0.393 e. The lowest BCUT2D eigenvalue weighted by atomic mass is 9.80. The number of hydrogen-bond acceptors (Lipinski definition) is 23. The molecule has 3 saturated carbocycles. The largest absolute Gasteiger partial charge is 0.469 e. The molecule has 1 aromatic rings. The molecule has 1 aromatic carbocycles. The van der Waals surface area contributed by atoms with E-state index in [0.717, 1.165) is 44.9 Å². The minimum atomic E-state index is -4.47. The van der Waals surface area contributed by atoms with Gasteiger partial charge < -0.3 is 67.0 Å². The number of aliphatic hydroxyl groups is 1. The van der Waals surface area contributed by atoms with E-state index in [1.165, 1.54) is 154 Å². The van der Waals surface area contributed by atoms with E-state index in [2.05, 4.69) is 102 Å². The predicted octanol–water partition coefficient (Wildman–Crippen LogP) is 23.7. The Morgan fingerprint density at radius 1 is 0.380 bits per heavy atom. The van der Waals surface area contributed by atoms with Crippen molar-refractivity contribution in [2.75, 3.05) is 0 Å². The molecule has 121 heavy (non-hydrogen) atoms. The maximum absolute atomic E-state index is 10.8. The Hall–Kier alpha value is -1.51. The Bertz CT molecular complexity index is 3070. The zero-order chi connectivity index (χ0) is 95.4. The van der Waals surface area contributed by atoms with Crippen LogP contribution >= 0.6 is 7.82 Å². The van der Waals surface area contributed by atoms with E-state index in [1.807, 2.05) is 204 Å². The van der Waals surface area contributed by atoms with Gasteiger partial charge in [-0.1, -0.05) is 89.0 Å². The van der Waals surface area contributed by atoms with E-state index in [0.29, 0.717) is 25.7 Å². The van der Waals surface area contributed by atoms with Crippen molar-refractivity contribution in [3.8, 4) is 0 Å². The lowest BCUT2D eigenvalue weighted by Crippen LogP contribution is -2.60. The first-order chi connectivity index (χ1) is 53.8. The van der Waals surface area contributed by atoms with Crippen molar-refractivity contribution in [2.45, 2.75) is 574 Å². The topological polar surface area (TPSA) is 322 Å². The number of aliphatic hydroxyl groups excluding tert-OH is 1. The van der Waals surface area contributed by atoms with Gasteiger partial charge in [0, 0.05) is 101 Å². The summed E-state index contributed by atoms with van der Waals surface area (Å²) in [6.45, 7) is 80.0. The Balaban J connectivity index is 0.000000676. The number of hydroxylamine groups is 20. The standard InChI is InChI=1S/C14H25NO.C12H17NO.C11H23NO.C9H20NO5P.C9H19NO2.C9H19NO.C8H17NO.2C8H19NO.C7H17NO/c16-15-13(7-3-1-4-8-13)11-12-14(15)9-5-2-6-10-14;1-11(2)9-7-5-6-8-10(9)12(3,4)13(11)14;1-10(2,3)12(13)11(4)8-6-5-7-9-11;1-8(2)5-7(15-16(12,13)14)6-9(3,4)10(8)11;1-8(2)5-7(11)6-9(3,4)10(8)12;1-8(2)6-5-7-9(3,4)10(8)11;1-7(2)5-6-8(3,4)9(7)10;1-7(2,3)9(10)8(4,5)6;1-6-7(2)9(10)8(3,4)5;1-6(2)8(9)7(3,4)5/h16H,1-12H2;5-8,14H,1-4H3;13H,5-9H2,1-4H3;7,11H,5-6H2,1-4H3,(H2,12,13,14);7,11-12H,5-6H2,1-4H3;11H,5-7H2,1-4H3;10H,5-6H2,1-4H3;10H,1-6H3;7,10H,6H2,1-5H3;6,9H,1-5H3. The number of phosphoric acid groups is 1. The maximum atomic E-state index is 10.8. The van der Waals surface area contributed by atoms with Gasteiger partial charge in [-0.15, -0.1) is 0 Å². The Labute approximate surface area is 740 Å². The van der Waals surface area contributed by atoms with E-state index >= 15 is 0 Å². The van der Waals surface area contributed by atoms with Crippen molar-refractivity contribution < 1.29 is 76.1 Å². The van der Waals surface area contributed by atoms with Crippen LogP contribution in [-0.2, 0) is 20.2 Å². The molecule has 6 heterocycles. The smallest absolute Gasteiger partial charge is 0.393 e. The Morgan fingerprint density at radius 3 is 0.901 bits per heavy atom. The molecule has 13 N–H and O–H groups in total. The predicted molar refractivity (Wildman–Crippen MR) is 492 cm³/mol. The van der Waals surface area contributed by atoms with Crippen molar-refractivity contribution in [3.63, 3.8) is 0 Å². The summed E-state index contributed by atoms with van der Waals surface area (Å²) in [6, 6.07) is 8.68. The van der Waals surface area contributed by atoms with Crippen molar-refractivity contribution in [3.05, 3.63) is 35.4 Å². The highest BCUT2D eigenvalue weighted by atomic mass is 31.2. The molecule has 0 radical (unpaired) electrons. The van der Waals surface area contributed by atoms with Gasteiger partial charge in [-0.3, -0.25) is 4.52 Å². The van der Waals surface area contributed by atoms with Gasteiger partial charge in [0.05, 0.1) is 23.3 Å². The van der Waals surface area contributed by atoms with Crippen LogP contribution in [0.4, 0.5) is 0 Å². The molecule has 2 spiro atoms. The number of benzene rings is 1. The maximum Gasteiger partial charge on any atom is 0.469 e. The third-order valence-electron chi connectivity index (χ3n) is 26.8. The number of rotatable bonds is 6. The highest BCUT2D eigenvalue weighted by molar-refractivity contribution is 7.46. The third kappa shape index (κ3) is 34.3. The van der Waals surface area contributed by atoms with E-state index in [1.54, 1.807) is 5.06 Å². The average molecular weight is 1750 g/mol. The summed E-state index contributed by atoms with van der Waals surface area (Å²) in [4.78, 5) is 17.6. The van der Waals surface area contributed by atoms with Crippen molar-refractivity contribution in [1.29, 1.82) is 0 Å². The van der Waals surface area contributed by atoms with Crippen LogP contribution in [-0.4, -0.2) is 231 Å². The van der Waals surface area contributed by atoms with E-state index in [4.69, 9.17) is 14.3 Å². The summed E-state index contributed by atoms with van der Waals surface area (Å²) in [7, 11) is -4.47. The first kappa shape index (κ1) is 117. The molecule has 720 valence electrons. The first-order valence-electron chi connectivity index (χ1n) is 46.3. The SMILES string of the molecule is CC(C)(C)N(O)C(C)(C)C.CC(C)(C)N(O)C1(C)CCCCC1.CC(C)N(O)C(C)(C)C.CC1(C)CC(O)CC(C)(C)N1O.CC1(C)CC(OP(=O)(O)O)CC(C)(C)N1O.CC1(C)CCC(C)(C)N1O.CC1(C)CCCC(C)(C)N1O.CC1(C)c2ccccc2C(C)(C)N1O.CCC(C)N(O)C(C)(C)C.ON1C2(CCCCC2)CCC12CCCCC2. The van der Waals surface area contributed by atoms with Crippen molar-refractivity contribution >= 4 is 7.82 Å². The molecule has 6 aliphatic heterocycles. The zero-order valence-corrected chi connectivity index (χ0v) is 86.2. The van der Waals surface area contributed by atoms with Gasteiger partial charge in [0.25, 0.3) is 0 Å². The van der Waals surface area contributed by atoms with E-state index in [9.17, 15) is 61.7 Å². The second-order valence-corrected chi connectivity index (χ2v) is 49.9. The van der Waals surface area contributed by atoms with Crippen LogP contribution in [0.2, 0.25) is 0 Å². The van der Waals surface area contributed by atoms with Gasteiger partial charge in [-0.2, -0.15) is 50.6 Å². The van der Waals surface area contributed by atoms with Crippen LogP contribution in [0.25, 0.3) is 0 Å². The van der Waals surface area contributed by atoms with Crippen LogP contribution in [0.5, 0.6) is 0 Å². The number of phosphoric ester groups is 1. The normalized spacial score (nSPS) is 25.1. The van der Waals surface area contributed by atoms with Gasteiger partial charge in [-0.05, 0) is 397 Å². The third-order valence-corrected chi connectivity index (χ3v) is 27.3. The summed E-state index contributed by atoms with van der Waals surface area (Å²) in [5.41, 5.74) is -0.393. The van der Waals surface area contributed by atoms with Crippen molar-refractivity contribution in [1.82, 2.24) is 50.6 Å². The molecule has 0 amide bonds. The summed E-state index contributed by atoms with van der Waals surface area (Å²) in [5.74, 6) is 0. The number of nitrogens with zero attached hydrogens (tertiary/aromatic N) is 10. The zero-order valence-electron chi connectivity index (χ0n) is 85.3. The molecule has 0 bridgehead atoms. The molecule has 9 aliphatic rings. The Morgan fingerprint density at radius 2 is 0.669 bits per heavy atom. The second-order valence-electron chi connectivity index (χ2n) is 48.7. The van der Waals surface area contributed by atoms with Crippen molar-refractivity contribution in [2.24, 2.45) is 0 Å². The lowest BCUT2D eigenvalue weighted by Gasteiger charge is -2.51. The molecule has 25 nitrogen and oxygen atoms in total. The number of hydrogen-bond donors (Lipinski definition) is 13. The fourth-order valence-electron chi connectivity index (χ4n) is 20.2. The van der Waals surface area contributed by atoms with Crippen LogP contribution in [0.1, 0.15) is 461 Å². The Kier molecular flexibility index (Phi) is 42.9. The molecule has 5 saturated heterocycles. The lowest BCUT2D eigenvalue weighted by molar-refractivity contribution is -0.257. The van der Waals surface area contributed by atoms with Crippen LogP contribution in [0, 0.1) is 0 Å². The van der Waals surface area contributed by atoms with Crippen LogP contribution < -0.4 is 0 Å². The average Bonchev–Trinajstić information content (AvgIpc) is 1.58. The molecular formula is C95H195N10O15P. The first-order valence-corrected chi connectivity index (χ1v) is 47.8. The molecule has 1 unspecified atom stereocenters. The molecule has 0 aromatic heterocycles. The minimum absolute atomic E-state index is 0.0104. The van der Waals surface area contributed by atoms with E-state index < -0.39 is 25.0 Å². The molecule has 3 aliphatic carbocycles. The second kappa shape index (κ2) is 44.1. The van der Waals surface area contributed by atoms with Gasteiger partial charge in [0.15, 0.2) is 0 Å². The summed E-state index contributed by atoms with van der Waals surface area (Å²) in [6.07, 6.45) is 29.3. The molecule has 8 fully saturated rings. The van der Waals surface area contributed by atoms with Crippen LogP contribution in [0.3, 0.4) is 0 Å². The number of fused-ring (bicyclic) bond motifs is 1. The summed E-state index contributed by atoms with van der Waals surface area (Å²) < 4.78 is 15.5. The fraction of sp³-hybridized carbons (Fsp3) is 0.937. The fourth-order valence-corrected chi connectivity index (χ4v) is 20.8. The van der Waals surface area contributed by atoms with Gasteiger partial charge in [0.2, 0.25) is 0 Å². The van der Waals surface area contributed by atoms with Gasteiger partial charge >= 0.3 is 7.82 Å². The molecule has 10 rings (SSSR count).